The minimum atomic E-state index is 0.248. The maximum atomic E-state index is 6.13. The van der Waals surface area contributed by atoms with Gasteiger partial charge >= 0.3 is 0 Å². The maximum absolute atomic E-state index is 6.13. The Hall–Kier alpha value is -0.120. The average molecular weight is 256 g/mol. The highest BCUT2D eigenvalue weighted by Crippen LogP contribution is 2.34. The van der Waals surface area contributed by atoms with Crippen molar-refractivity contribution in [1.29, 1.82) is 0 Å². The van der Waals surface area contributed by atoms with E-state index in [4.69, 9.17) is 10.5 Å². The Balaban J connectivity index is 2.54. The van der Waals surface area contributed by atoms with Crippen LogP contribution in [-0.2, 0) is 4.74 Å². The van der Waals surface area contributed by atoms with Gasteiger partial charge in [-0.3, -0.25) is 4.90 Å². The van der Waals surface area contributed by atoms with Crippen LogP contribution >= 0.6 is 0 Å². The monoisotopic (exact) mass is 256 g/mol. The fraction of sp³-hybridized carbons (Fsp3) is 1.00. The zero-order valence-electron chi connectivity index (χ0n) is 12.6. The first-order valence-corrected chi connectivity index (χ1v) is 7.58. The number of hydrogen-bond donors (Lipinski definition) is 1. The molecule has 0 amide bonds. The molecule has 3 nitrogen and oxygen atoms in total. The maximum Gasteiger partial charge on any atom is 0.0474 e. The van der Waals surface area contributed by atoms with Gasteiger partial charge in [0, 0.05) is 32.3 Å². The Bertz CT molecular complexity index is 223. The quantitative estimate of drug-likeness (QED) is 0.562. The van der Waals surface area contributed by atoms with Crippen LogP contribution in [0.5, 0.6) is 0 Å². The molecule has 0 saturated heterocycles. The summed E-state index contributed by atoms with van der Waals surface area (Å²) in [7, 11) is 4.02. The lowest BCUT2D eigenvalue weighted by Crippen LogP contribution is -2.52. The number of nitrogens with two attached hydrogens (primary N) is 1. The van der Waals surface area contributed by atoms with E-state index in [1.54, 1.807) is 7.11 Å². The van der Waals surface area contributed by atoms with Crippen LogP contribution in [0, 0.1) is 5.92 Å². The van der Waals surface area contributed by atoms with Gasteiger partial charge in [0.25, 0.3) is 0 Å². The fourth-order valence-corrected chi connectivity index (χ4v) is 3.30. The van der Waals surface area contributed by atoms with Crippen molar-refractivity contribution in [2.45, 2.75) is 57.4 Å². The van der Waals surface area contributed by atoms with Crippen LogP contribution in [0.3, 0.4) is 0 Å². The van der Waals surface area contributed by atoms with Gasteiger partial charge in [0.2, 0.25) is 0 Å². The van der Waals surface area contributed by atoms with Crippen LogP contribution in [0.15, 0.2) is 0 Å². The predicted octanol–water partition coefficient (Wildman–Crippen LogP) is 2.64. The number of ether oxygens (including phenoxy) is 1. The van der Waals surface area contributed by atoms with Gasteiger partial charge in [-0.25, -0.2) is 0 Å². The highest BCUT2D eigenvalue weighted by molar-refractivity contribution is 4.92. The lowest BCUT2D eigenvalue weighted by Gasteiger charge is -2.41. The molecule has 1 rings (SSSR count). The minimum Gasteiger partial charge on any atom is -0.385 e. The van der Waals surface area contributed by atoms with Gasteiger partial charge in [-0.1, -0.05) is 26.2 Å². The Morgan fingerprint density at radius 2 is 2.11 bits per heavy atom. The minimum absolute atomic E-state index is 0.248. The summed E-state index contributed by atoms with van der Waals surface area (Å²) in [6.45, 7) is 5.07. The van der Waals surface area contributed by atoms with Gasteiger partial charge in [-0.15, -0.1) is 0 Å². The molecule has 1 aliphatic rings. The van der Waals surface area contributed by atoms with Crippen molar-refractivity contribution >= 4 is 0 Å². The van der Waals surface area contributed by atoms with Crippen molar-refractivity contribution in [2.75, 3.05) is 33.9 Å². The van der Waals surface area contributed by atoms with Crippen LogP contribution in [0.1, 0.15) is 51.9 Å². The first kappa shape index (κ1) is 15.9. The van der Waals surface area contributed by atoms with Gasteiger partial charge in [0.1, 0.15) is 0 Å². The smallest absolute Gasteiger partial charge is 0.0474 e. The van der Waals surface area contributed by atoms with Crippen LogP contribution in [0.25, 0.3) is 0 Å². The Labute approximate surface area is 113 Å². The molecule has 0 aromatic heterocycles. The molecule has 2 unspecified atom stereocenters. The summed E-state index contributed by atoms with van der Waals surface area (Å²) >= 11 is 0. The molecule has 0 aromatic carbocycles. The lowest BCUT2D eigenvalue weighted by molar-refractivity contribution is 0.0912. The van der Waals surface area contributed by atoms with Crippen molar-refractivity contribution in [3.63, 3.8) is 0 Å². The normalized spacial score (nSPS) is 29.5. The zero-order chi connectivity index (χ0) is 13.4. The molecular formula is C15H32N2O. The lowest BCUT2D eigenvalue weighted by atomic mass is 9.87. The van der Waals surface area contributed by atoms with E-state index in [-0.39, 0.29) is 5.54 Å². The van der Waals surface area contributed by atoms with Crippen molar-refractivity contribution < 1.29 is 4.74 Å². The molecule has 0 spiro atoms. The first-order valence-electron chi connectivity index (χ1n) is 7.58. The zero-order valence-corrected chi connectivity index (χ0v) is 12.6. The standard InChI is InChI=1S/C15H32N2O/c1-4-14-7-5-9-15(13-16,10-8-14)17(2)11-6-12-18-3/h14H,4-13,16H2,1-3H3. The largest absolute Gasteiger partial charge is 0.385 e. The molecule has 1 saturated carbocycles. The second-order valence-electron chi connectivity index (χ2n) is 5.90. The molecular weight excluding hydrogens is 224 g/mol. The Morgan fingerprint density at radius 3 is 2.72 bits per heavy atom. The Kier molecular flexibility index (Phi) is 7.20. The number of likely N-dealkylation sites (N-methyl/N-ethyl adjacent to an activating group) is 1. The van der Waals surface area contributed by atoms with Crippen molar-refractivity contribution in [3.8, 4) is 0 Å². The summed E-state index contributed by atoms with van der Waals surface area (Å²) in [6.07, 6.45) is 9.05. The molecule has 0 aliphatic heterocycles. The van der Waals surface area contributed by atoms with Crippen LogP contribution in [0.2, 0.25) is 0 Å². The van der Waals surface area contributed by atoms with Gasteiger partial charge in [-0.2, -0.15) is 0 Å². The van der Waals surface area contributed by atoms with E-state index >= 15 is 0 Å². The summed E-state index contributed by atoms with van der Waals surface area (Å²) < 4.78 is 5.15. The van der Waals surface area contributed by atoms with Crippen molar-refractivity contribution in [3.05, 3.63) is 0 Å². The number of methoxy groups -OCH3 is 1. The van der Waals surface area contributed by atoms with Crippen molar-refractivity contribution in [2.24, 2.45) is 11.7 Å². The van der Waals surface area contributed by atoms with Crippen LogP contribution in [0.4, 0.5) is 0 Å². The SMILES string of the molecule is CCC1CCCC(CN)(N(C)CCCOC)CC1. The van der Waals surface area contributed by atoms with Crippen LogP contribution < -0.4 is 5.73 Å². The van der Waals surface area contributed by atoms with E-state index in [9.17, 15) is 0 Å². The van der Waals surface area contributed by atoms with E-state index in [0.29, 0.717) is 0 Å². The molecule has 108 valence electrons. The molecule has 0 aromatic rings. The molecule has 2 atom stereocenters. The summed E-state index contributed by atoms with van der Waals surface area (Å²) in [6, 6.07) is 0. The van der Waals surface area contributed by atoms with Crippen molar-refractivity contribution in [1.82, 2.24) is 4.90 Å². The number of hydrogen-bond acceptors (Lipinski definition) is 3. The van der Waals surface area contributed by atoms with E-state index in [0.717, 1.165) is 32.0 Å². The molecule has 0 radical (unpaired) electrons. The van der Waals surface area contributed by atoms with Gasteiger partial charge < -0.3 is 10.5 Å². The summed E-state index contributed by atoms with van der Waals surface area (Å²) in [5, 5.41) is 0. The van der Waals surface area contributed by atoms with E-state index in [2.05, 4.69) is 18.9 Å². The predicted molar refractivity (Wildman–Crippen MR) is 77.8 cm³/mol. The molecule has 18 heavy (non-hydrogen) atoms. The average Bonchev–Trinajstić information content (AvgIpc) is 2.61. The summed E-state index contributed by atoms with van der Waals surface area (Å²) in [5.41, 5.74) is 6.37. The molecule has 2 N–H and O–H groups in total. The summed E-state index contributed by atoms with van der Waals surface area (Å²) in [4.78, 5) is 2.50. The third kappa shape index (κ3) is 4.22. The first-order chi connectivity index (χ1) is 8.68. The molecule has 1 aliphatic carbocycles. The highest BCUT2D eigenvalue weighted by Gasteiger charge is 2.34. The fourth-order valence-electron chi connectivity index (χ4n) is 3.30. The third-order valence-electron chi connectivity index (χ3n) is 4.88. The van der Waals surface area contributed by atoms with Gasteiger partial charge in [0.05, 0.1) is 0 Å². The second kappa shape index (κ2) is 8.13. The Morgan fingerprint density at radius 1 is 1.33 bits per heavy atom. The van der Waals surface area contributed by atoms with Gasteiger partial charge in [-0.05, 0) is 38.6 Å². The third-order valence-corrected chi connectivity index (χ3v) is 4.88. The van der Waals surface area contributed by atoms with Crippen LogP contribution in [-0.4, -0.2) is 44.3 Å². The van der Waals surface area contributed by atoms with Gasteiger partial charge in [0.15, 0.2) is 0 Å². The molecule has 3 heteroatoms. The van der Waals surface area contributed by atoms with E-state index < -0.39 is 0 Å². The number of nitrogens with zero attached hydrogens (tertiary/aromatic N) is 1. The summed E-state index contributed by atoms with van der Waals surface area (Å²) in [5.74, 6) is 0.922. The molecule has 0 bridgehead atoms. The molecule has 1 fully saturated rings. The van der Waals surface area contributed by atoms with E-state index in [1.165, 1.54) is 38.5 Å². The number of rotatable bonds is 7. The van der Waals surface area contributed by atoms with E-state index in [1.807, 2.05) is 0 Å². The highest BCUT2D eigenvalue weighted by atomic mass is 16.5. The topological polar surface area (TPSA) is 38.5 Å². The molecule has 0 heterocycles. The second-order valence-corrected chi connectivity index (χ2v) is 5.90.